The summed E-state index contributed by atoms with van der Waals surface area (Å²) >= 11 is 0. The number of rotatable bonds is 5. The van der Waals surface area contributed by atoms with Crippen molar-refractivity contribution in [1.82, 2.24) is 0 Å². The fraction of sp³-hybridized carbons (Fsp3) is 0.316. The molecular formula is C19H21N3O3. The minimum absolute atomic E-state index is 0.0224. The highest BCUT2D eigenvalue weighted by molar-refractivity contribution is 5.92. The first kappa shape index (κ1) is 17.0. The second-order valence-corrected chi connectivity index (χ2v) is 6.27. The first-order chi connectivity index (χ1) is 12.0. The van der Waals surface area contributed by atoms with Crippen molar-refractivity contribution in [3.8, 4) is 0 Å². The van der Waals surface area contributed by atoms with Gasteiger partial charge in [-0.2, -0.15) is 0 Å². The van der Waals surface area contributed by atoms with Crippen molar-refractivity contribution in [3.63, 3.8) is 0 Å². The average Bonchev–Trinajstić information content (AvgIpc) is 2.61. The van der Waals surface area contributed by atoms with Gasteiger partial charge in [-0.05, 0) is 37.0 Å². The molecule has 0 saturated carbocycles. The second kappa shape index (κ2) is 7.34. The Morgan fingerprint density at radius 3 is 2.88 bits per heavy atom. The normalized spacial score (nSPS) is 13.2. The Bertz CT molecular complexity index is 804. The number of carbonyl (C=O) groups is 1. The molecule has 0 aliphatic carbocycles. The summed E-state index contributed by atoms with van der Waals surface area (Å²) in [6, 6.07) is 12.8. The van der Waals surface area contributed by atoms with Gasteiger partial charge in [-0.25, -0.2) is 0 Å². The summed E-state index contributed by atoms with van der Waals surface area (Å²) in [5.41, 5.74) is 3.81. The number of fused-ring (bicyclic) bond motifs is 1. The van der Waals surface area contributed by atoms with Crippen LogP contribution in [0, 0.1) is 17.0 Å². The van der Waals surface area contributed by atoms with Crippen molar-refractivity contribution < 1.29 is 9.72 Å². The molecule has 1 amide bonds. The van der Waals surface area contributed by atoms with E-state index in [1.165, 1.54) is 23.4 Å². The van der Waals surface area contributed by atoms with Crippen LogP contribution in [-0.4, -0.2) is 23.9 Å². The molecule has 1 aliphatic rings. The number of aryl methyl sites for hydroxylation is 2. The number of nitrogens with one attached hydrogen (secondary N) is 1. The molecule has 0 spiro atoms. The van der Waals surface area contributed by atoms with Crippen LogP contribution in [0.1, 0.15) is 24.0 Å². The summed E-state index contributed by atoms with van der Waals surface area (Å²) in [4.78, 5) is 25.0. The molecule has 1 aliphatic heterocycles. The molecule has 0 unspecified atom stereocenters. The highest BCUT2D eigenvalue weighted by Crippen LogP contribution is 2.27. The molecule has 0 atom stereocenters. The van der Waals surface area contributed by atoms with Crippen molar-refractivity contribution >= 4 is 23.0 Å². The minimum Gasteiger partial charge on any atom is -0.371 e. The van der Waals surface area contributed by atoms with Gasteiger partial charge in [-0.3, -0.25) is 14.9 Å². The lowest BCUT2D eigenvalue weighted by atomic mass is 10.0. The number of hydrogen-bond acceptors (Lipinski definition) is 4. The van der Waals surface area contributed by atoms with E-state index in [1.54, 1.807) is 6.07 Å². The zero-order chi connectivity index (χ0) is 17.8. The lowest BCUT2D eigenvalue weighted by molar-refractivity contribution is -0.384. The Morgan fingerprint density at radius 2 is 2.08 bits per heavy atom. The molecule has 0 bridgehead atoms. The van der Waals surface area contributed by atoms with Gasteiger partial charge in [-0.15, -0.1) is 0 Å². The van der Waals surface area contributed by atoms with Crippen LogP contribution in [0.3, 0.4) is 0 Å². The number of para-hydroxylation sites is 1. The molecule has 0 fully saturated rings. The summed E-state index contributed by atoms with van der Waals surface area (Å²) in [6.07, 6.45) is 2.50. The summed E-state index contributed by atoms with van der Waals surface area (Å²) < 4.78 is 0. The smallest absolute Gasteiger partial charge is 0.271 e. The third kappa shape index (κ3) is 3.96. The number of nitro benzene ring substituents is 1. The fourth-order valence-corrected chi connectivity index (χ4v) is 3.15. The van der Waals surface area contributed by atoms with E-state index in [-0.39, 0.29) is 11.6 Å². The molecule has 6 heteroatoms. The highest BCUT2D eigenvalue weighted by Gasteiger charge is 2.17. The van der Waals surface area contributed by atoms with Crippen LogP contribution < -0.4 is 10.2 Å². The summed E-state index contributed by atoms with van der Waals surface area (Å²) in [7, 11) is 0. The molecule has 25 heavy (non-hydrogen) atoms. The SMILES string of the molecule is Cc1ccc([N+](=O)[O-])cc1NC(=O)CCN1CCCc2ccccc21. The Hall–Kier alpha value is -2.89. The number of non-ortho nitro benzene ring substituents is 1. The van der Waals surface area contributed by atoms with Gasteiger partial charge in [0, 0.05) is 37.3 Å². The maximum absolute atomic E-state index is 12.3. The van der Waals surface area contributed by atoms with Gasteiger partial charge in [0.15, 0.2) is 0 Å². The molecule has 0 aromatic heterocycles. The lowest BCUT2D eigenvalue weighted by Crippen LogP contribution is -2.32. The minimum atomic E-state index is -0.459. The monoisotopic (exact) mass is 339 g/mol. The van der Waals surface area contributed by atoms with E-state index in [0.29, 0.717) is 18.7 Å². The van der Waals surface area contributed by atoms with E-state index in [1.807, 2.05) is 19.1 Å². The topological polar surface area (TPSA) is 75.5 Å². The van der Waals surface area contributed by atoms with Crippen LogP contribution in [-0.2, 0) is 11.2 Å². The Kier molecular flexibility index (Phi) is 4.97. The Balaban J connectivity index is 1.63. The van der Waals surface area contributed by atoms with Gasteiger partial charge in [0.05, 0.1) is 10.6 Å². The Morgan fingerprint density at radius 1 is 1.28 bits per heavy atom. The molecule has 6 nitrogen and oxygen atoms in total. The van der Waals surface area contributed by atoms with Crippen molar-refractivity contribution in [2.75, 3.05) is 23.3 Å². The van der Waals surface area contributed by atoms with E-state index in [0.717, 1.165) is 24.9 Å². The zero-order valence-electron chi connectivity index (χ0n) is 14.2. The first-order valence-electron chi connectivity index (χ1n) is 8.42. The Labute approximate surface area is 146 Å². The predicted molar refractivity (Wildman–Crippen MR) is 98.1 cm³/mol. The standard InChI is InChI=1S/C19H21N3O3/c1-14-8-9-16(22(24)25)13-17(14)20-19(23)10-12-21-11-4-6-15-5-2-3-7-18(15)21/h2-3,5,7-9,13H,4,6,10-12H2,1H3,(H,20,23). The van der Waals surface area contributed by atoms with E-state index >= 15 is 0 Å². The van der Waals surface area contributed by atoms with Gasteiger partial charge in [0.1, 0.15) is 0 Å². The zero-order valence-corrected chi connectivity index (χ0v) is 14.2. The third-order valence-electron chi connectivity index (χ3n) is 4.52. The van der Waals surface area contributed by atoms with Gasteiger partial charge < -0.3 is 10.2 Å². The van der Waals surface area contributed by atoms with E-state index in [4.69, 9.17) is 0 Å². The van der Waals surface area contributed by atoms with Crippen LogP contribution in [0.25, 0.3) is 0 Å². The molecule has 0 radical (unpaired) electrons. The second-order valence-electron chi connectivity index (χ2n) is 6.27. The van der Waals surface area contributed by atoms with Crippen molar-refractivity contribution in [3.05, 3.63) is 63.7 Å². The van der Waals surface area contributed by atoms with E-state index < -0.39 is 4.92 Å². The van der Waals surface area contributed by atoms with E-state index in [2.05, 4.69) is 22.3 Å². The number of hydrogen-bond donors (Lipinski definition) is 1. The number of anilines is 2. The van der Waals surface area contributed by atoms with Crippen LogP contribution in [0.5, 0.6) is 0 Å². The maximum Gasteiger partial charge on any atom is 0.271 e. The molecular weight excluding hydrogens is 318 g/mol. The largest absolute Gasteiger partial charge is 0.371 e. The van der Waals surface area contributed by atoms with Crippen molar-refractivity contribution in [1.29, 1.82) is 0 Å². The lowest BCUT2D eigenvalue weighted by Gasteiger charge is -2.31. The van der Waals surface area contributed by atoms with E-state index in [9.17, 15) is 14.9 Å². The third-order valence-corrected chi connectivity index (χ3v) is 4.52. The average molecular weight is 339 g/mol. The molecule has 2 aromatic carbocycles. The predicted octanol–water partition coefficient (Wildman–Crippen LogP) is 3.68. The van der Waals surface area contributed by atoms with Crippen LogP contribution in [0.2, 0.25) is 0 Å². The number of carbonyl (C=O) groups excluding carboxylic acids is 1. The fourth-order valence-electron chi connectivity index (χ4n) is 3.15. The molecule has 1 N–H and O–H groups in total. The maximum atomic E-state index is 12.3. The van der Waals surface area contributed by atoms with Crippen LogP contribution in [0.4, 0.5) is 17.1 Å². The van der Waals surface area contributed by atoms with Crippen molar-refractivity contribution in [2.24, 2.45) is 0 Å². The molecule has 130 valence electrons. The van der Waals surface area contributed by atoms with Gasteiger partial charge in [0.2, 0.25) is 5.91 Å². The summed E-state index contributed by atoms with van der Waals surface area (Å²) in [5.74, 6) is -0.133. The number of amides is 1. The van der Waals surface area contributed by atoms with Gasteiger partial charge >= 0.3 is 0 Å². The number of benzene rings is 2. The van der Waals surface area contributed by atoms with Gasteiger partial charge in [0.25, 0.3) is 5.69 Å². The molecule has 2 aromatic rings. The quantitative estimate of drug-likeness (QED) is 0.666. The number of nitrogens with zero attached hydrogens (tertiary/aromatic N) is 2. The van der Waals surface area contributed by atoms with Crippen molar-refractivity contribution in [2.45, 2.75) is 26.2 Å². The van der Waals surface area contributed by atoms with Gasteiger partial charge in [-0.1, -0.05) is 24.3 Å². The molecule has 0 saturated heterocycles. The summed E-state index contributed by atoms with van der Waals surface area (Å²) in [5, 5.41) is 13.7. The summed E-state index contributed by atoms with van der Waals surface area (Å²) in [6.45, 7) is 3.40. The highest BCUT2D eigenvalue weighted by atomic mass is 16.6. The van der Waals surface area contributed by atoms with Crippen LogP contribution >= 0.6 is 0 Å². The molecule has 1 heterocycles. The van der Waals surface area contributed by atoms with Crippen LogP contribution in [0.15, 0.2) is 42.5 Å². The molecule has 3 rings (SSSR count). The first-order valence-corrected chi connectivity index (χ1v) is 8.42. The number of nitro groups is 1.